The summed E-state index contributed by atoms with van der Waals surface area (Å²) in [5.41, 5.74) is 0. The number of unbranched alkanes of at least 4 members (excludes halogenated alkanes) is 1. The fourth-order valence-corrected chi connectivity index (χ4v) is 3.79. The smallest absolute Gasteiger partial charge is 0.223 e. The molecule has 3 heteroatoms. The van der Waals surface area contributed by atoms with Crippen molar-refractivity contribution in [1.29, 1.82) is 0 Å². The largest absolute Gasteiger partial charge is 0.391 e. The van der Waals surface area contributed by atoms with Crippen molar-refractivity contribution in [3.8, 4) is 0 Å². The highest BCUT2D eigenvalue weighted by molar-refractivity contribution is 5.79. The lowest BCUT2D eigenvalue weighted by Gasteiger charge is -2.32. The molecule has 2 fully saturated rings. The first-order valence-electron chi connectivity index (χ1n) is 8.69. The van der Waals surface area contributed by atoms with E-state index in [4.69, 9.17) is 0 Å². The predicted molar refractivity (Wildman–Crippen MR) is 81.4 cm³/mol. The van der Waals surface area contributed by atoms with Crippen molar-refractivity contribution in [2.45, 2.75) is 89.7 Å². The summed E-state index contributed by atoms with van der Waals surface area (Å²) in [7, 11) is 0. The molecule has 2 N–H and O–H groups in total. The normalized spacial score (nSPS) is 34.7. The van der Waals surface area contributed by atoms with Crippen LogP contribution in [0, 0.1) is 11.8 Å². The van der Waals surface area contributed by atoms with E-state index in [1.165, 1.54) is 32.1 Å². The predicted octanol–water partition coefficient (Wildman–Crippen LogP) is 3.40. The molecule has 0 aromatic carbocycles. The molecular formula is C17H31NO2. The number of hydrogen-bond donors (Lipinski definition) is 2. The molecule has 2 rings (SSSR count). The van der Waals surface area contributed by atoms with Crippen LogP contribution in [0.15, 0.2) is 0 Å². The van der Waals surface area contributed by atoms with E-state index in [1.807, 2.05) is 0 Å². The Labute approximate surface area is 123 Å². The molecule has 0 saturated heterocycles. The first kappa shape index (κ1) is 15.8. The maximum absolute atomic E-state index is 12.3. The summed E-state index contributed by atoms with van der Waals surface area (Å²) in [6, 6.07) is 0.00839. The Morgan fingerprint density at radius 2 is 1.80 bits per heavy atom. The second-order valence-electron chi connectivity index (χ2n) is 6.83. The Kier molecular flexibility index (Phi) is 6.34. The fraction of sp³-hybridized carbons (Fsp3) is 0.941. The number of aliphatic hydroxyl groups excluding tert-OH is 1. The maximum atomic E-state index is 12.3. The Morgan fingerprint density at radius 1 is 1.10 bits per heavy atom. The number of nitrogens with one attached hydrogen (secondary N) is 1. The van der Waals surface area contributed by atoms with E-state index in [9.17, 15) is 9.90 Å². The molecule has 3 nitrogen and oxygen atoms in total. The van der Waals surface area contributed by atoms with Crippen LogP contribution in [0.25, 0.3) is 0 Å². The number of aliphatic hydroxyl groups is 1. The molecule has 116 valence electrons. The van der Waals surface area contributed by atoms with Gasteiger partial charge in [0.2, 0.25) is 5.91 Å². The van der Waals surface area contributed by atoms with Crippen LogP contribution in [0.5, 0.6) is 0 Å². The van der Waals surface area contributed by atoms with E-state index in [1.54, 1.807) is 0 Å². The summed E-state index contributed by atoms with van der Waals surface area (Å²) < 4.78 is 0. The van der Waals surface area contributed by atoms with Crippen LogP contribution in [0.1, 0.15) is 77.6 Å². The van der Waals surface area contributed by atoms with Gasteiger partial charge in [-0.3, -0.25) is 4.79 Å². The number of carbonyl (C=O) groups is 1. The zero-order valence-corrected chi connectivity index (χ0v) is 12.9. The van der Waals surface area contributed by atoms with Crippen LogP contribution < -0.4 is 5.32 Å². The van der Waals surface area contributed by atoms with Gasteiger partial charge in [0, 0.05) is 5.92 Å². The molecule has 0 aliphatic heterocycles. The average Bonchev–Trinajstić information content (AvgIpc) is 2.48. The molecular weight excluding hydrogens is 250 g/mol. The third-order valence-corrected chi connectivity index (χ3v) is 5.24. The van der Waals surface area contributed by atoms with Gasteiger partial charge in [0.05, 0.1) is 12.1 Å². The van der Waals surface area contributed by atoms with Crippen molar-refractivity contribution in [3.05, 3.63) is 0 Å². The number of hydrogen-bond acceptors (Lipinski definition) is 2. The van der Waals surface area contributed by atoms with E-state index < -0.39 is 0 Å². The molecule has 0 aromatic rings. The minimum absolute atomic E-state index is 0.00839. The van der Waals surface area contributed by atoms with Crippen molar-refractivity contribution in [3.63, 3.8) is 0 Å². The standard InChI is InChI=1S/C17H31NO2/c1-2-3-6-13-9-11-14(12-10-13)17(20)18-15-7-4-5-8-16(15)19/h13-16,19H,2-12H2,1H3,(H,18,20)/t13?,14?,15-,16-/m0/s1. The highest BCUT2D eigenvalue weighted by atomic mass is 16.3. The van der Waals surface area contributed by atoms with Crippen LogP contribution in [0.4, 0.5) is 0 Å². The summed E-state index contributed by atoms with van der Waals surface area (Å²) in [6.07, 6.45) is 12.1. The van der Waals surface area contributed by atoms with Gasteiger partial charge in [-0.05, 0) is 44.4 Å². The van der Waals surface area contributed by atoms with Gasteiger partial charge in [0.15, 0.2) is 0 Å². The Morgan fingerprint density at radius 3 is 2.45 bits per heavy atom. The molecule has 1 amide bonds. The van der Waals surface area contributed by atoms with Gasteiger partial charge in [0.25, 0.3) is 0 Å². The highest BCUT2D eigenvalue weighted by Gasteiger charge is 2.30. The minimum Gasteiger partial charge on any atom is -0.391 e. The van der Waals surface area contributed by atoms with Gasteiger partial charge in [0.1, 0.15) is 0 Å². The quantitative estimate of drug-likeness (QED) is 0.811. The average molecular weight is 281 g/mol. The van der Waals surface area contributed by atoms with Crippen LogP contribution in [0.2, 0.25) is 0 Å². The molecule has 0 heterocycles. The lowest BCUT2D eigenvalue weighted by molar-refractivity contribution is -0.128. The third kappa shape index (κ3) is 4.47. The minimum atomic E-state index is -0.325. The molecule has 0 radical (unpaired) electrons. The van der Waals surface area contributed by atoms with Crippen LogP contribution in [-0.2, 0) is 4.79 Å². The Bertz CT molecular complexity index is 297. The summed E-state index contributed by atoms with van der Waals surface area (Å²) in [5.74, 6) is 1.24. The van der Waals surface area contributed by atoms with Gasteiger partial charge >= 0.3 is 0 Å². The van der Waals surface area contributed by atoms with Crippen molar-refractivity contribution in [2.75, 3.05) is 0 Å². The van der Waals surface area contributed by atoms with E-state index in [0.717, 1.165) is 44.4 Å². The molecule has 0 unspecified atom stereocenters. The lowest BCUT2D eigenvalue weighted by Crippen LogP contribution is -2.47. The molecule has 2 aliphatic rings. The van der Waals surface area contributed by atoms with Crippen molar-refractivity contribution in [2.24, 2.45) is 11.8 Å². The first-order chi connectivity index (χ1) is 9.70. The maximum Gasteiger partial charge on any atom is 0.223 e. The second-order valence-corrected chi connectivity index (χ2v) is 6.83. The third-order valence-electron chi connectivity index (χ3n) is 5.24. The monoisotopic (exact) mass is 281 g/mol. The molecule has 0 bridgehead atoms. The van der Waals surface area contributed by atoms with Gasteiger partial charge in [-0.1, -0.05) is 39.0 Å². The van der Waals surface area contributed by atoms with E-state index in [0.29, 0.717) is 0 Å². The number of rotatable bonds is 5. The van der Waals surface area contributed by atoms with Crippen LogP contribution in [0.3, 0.4) is 0 Å². The SMILES string of the molecule is CCCCC1CCC(C(=O)N[C@H]2CCCC[C@@H]2O)CC1. The highest BCUT2D eigenvalue weighted by Crippen LogP contribution is 2.32. The first-order valence-corrected chi connectivity index (χ1v) is 8.69. The van der Waals surface area contributed by atoms with E-state index >= 15 is 0 Å². The number of amides is 1. The molecule has 2 saturated carbocycles. The summed E-state index contributed by atoms with van der Waals surface area (Å²) in [4.78, 5) is 12.3. The van der Waals surface area contributed by atoms with Gasteiger partial charge in [-0.2, -0.15) is 0 Å². The summed E-state index contributed by atoms with van der Waals surface area (Å²) in [6.45, 7) is 2.24. The van der Waals surface area contributed by atoms with E-state index in [2.05, 4.69) is 12.2 Å². The topological polar surface area (TPSA) is 49.3 Å². The van der Waals surface area contributed by atoms with Crippen molar-refractivity contribution >= 4 is 5.91 Å². The zero-order chi connectivity index (χ0) is 14.4. The zero-order valence-electron chi connectivity index (χ0n) is 12.9. The summed E-state index contributed by atoms with van der Waals surface area (Å²) >= 11 is 0. The lowest BCUT2D eigenvalue weighted by atomic mass is 9.79. The molecule has 0 aromatic heterocycles. The molecule has 2 atom stereocenters. The second kappa shape index (κ2) is 8.02. The van der Waals surface area contributed by atoms with Gasteiger partial charge in [-0.15, -0.1) is 0 Å². The van der Waals surface area contributed by atoms with Crippen molar-refractivity contribution < 1.29 is 9.90 Å². The van der Waals surface area contributed by atoms with Gasteiger partial charge in [-0.25, -0.2) is 0 Å². The Hall–Kier alpha value is -0.570. The fourth-order valence-electron chi connectivity index (χ4n) is 3.79. The molecule has 20 heavy (non-hydrogen) atoms. The van der Waals surface area contributed by atoms with Gasteiger partial charge < -0.3 is 10.4 Å². The molecule has 2 aliphatic carbocycles. The molecule has 0 spiro atoms. The number of carbonyl (C=O) groups excluding carboxylic acids is 1. The summed E-state index contributed by atoms with van der Waals surface area (Å²) in [5, 5.41) is 13.0. The van der Waals surface area contributed by atoms with Crippen LogP contribution in [-0.4, -0.2) is 23.2 Å². The van der Waals surface area contributed by atoms with Crippen LogP contribution >= 0.6 is 0 Å². The Balaban J connectivity index is 1.71. The van der Waals surface area contributed by atoms with Crippen molar-refractivity contribution in [1.82, 2.24) is 5.32 Å². The van der Waals surface area contributed by atoms with E-state index in [-0.39, 0.29) is 24.0 Å².